The number of carbonyl (C=O) groups is 2. The first kappa shape index (κ1) is 17.7. The zero-order chi connectivity index (χ0) is 19.4. The highest BCUT2D eigenvalue weighted by Gasteiger charge is 2.18. The minimum Gasteiger partial charge on any atom is -0.454 e. The number of nitrogens with one attached hydrogen (secondary N) is 1. The van der Waals surface area contributed by atoms with Crippen LogP contribution in [0.5, 0.6) is 11.5 Å². The Hall–Kier alpha value is -4.13. The van der Waals surface area contributed by atoms with E-state index in [1.807, 2.05) is 0 Å². The zero-order valence-electron chi connectivity index (χ0n) is 13.6. The Bertz CT molecular complexity index is 981. The number of nitrogens with zero attached hydrogens (tertiary/aromatic N) is 2. The minimum atomic E-state index is -0.743. The Morgan fingerprint density at radius 2 is 2.00 bits per heavy atom. The molecule has 10 heteroatoms. The van der Waals surface area contributed by atoms with Crippen LogP contribution in [0.25, 0.3) is 0 Å². The highest BCUT2D eigenvalue weighted by atomic mass is 16.7. The zero-order valence-corrected chi connectivity index (χ0v) is 13.6. The molecule has 0 spiro atoms. The van der Waals surface area contributed by atoms with Gasteiger partial charge in [0, 0.05) is 12.1 Å². The van der Waals surface area contributed by atoms with E-state index in [0.29, 0.717) is 11.5 Å². The van der Waals surface area contributed by atoms with Gasteiger partial charge in [0.05, 0.1) is 21.7 Å². The van der Waals surface area contributed by atoms with Crippen LogP contribution in [0.2, 0.25) is 0 Å². The number of nitro groups is 1. The summed E-state index contributed by atoms with van der Waals surface area (Å²) >= 11 is 0. The summed E-state index contributed by atoms with van der Waals surface area (Å²) in [5.41, 5.74) is -0.106. The van der Waals surface area contributed by atoms with Crippen molar-refractivity contribution in [3.8, 4) is 17.6 Å². The lowest BCUT2D eigenvalue weighted by Crippen LogP contribution is -2.21. The van der Waals surface area contributed by atoms with Crippen LogP contribution in [0.1, 0.15) is 15.9 Å². The maximum atomic E-state index is 12.0. The van der Waals surface area contributed by atoms with E-state index < -0.39 is 23.4 Å². The SMILES string of the molecule is N#Cc1cc([N+](=O)[O-])ccc1NC(=O)COC(=O)c1ccc2c(c1)OCO2. The molecule has 0 unspecified atom stereocenters. The number of non-ortho nitro benzene ring substituents is 1. The van der Waals surface area contributed by atoms with Crippen molar-refractivity contribution in [1.29, 1.82) is 5.26 Å². The molecular weight excluding hydrogens is 358 g/mol. The molecule has 136 valence electrons. The van der Waals surface area contributed by atoms with Gasteiger partial charge >= 0.3 is 5.97 Å². The third kappa shape index (κ3) is 3.93. The number of hydrogen-bond acceptors (Lipinski definition) is 8. The van der Waals surface area contributed by atoms with Crippen molar-refractivity contribution in [3.05, 3.63) is 57.6 Å². The maximum Gasteiger partial charge on any atom is 0.338 e. The smallest absolute Gasteiger partial charge is 0.338 e. The predicted molar refractivity (Wildman–Crippen MR) is 89.3 cm³/mol. The van der Waals surface area contributed by atoms with Gasteiger partial charge in [-0.3, -0.25) is 14.9 Å². The molecule has 10 nitrogen and oxygen atoms in total. The van der Waals surface area contributed by atoms with Crippen LogP contribution < -0.4 is 14.8 Å². The van der Waals surface area contributed by atoms with Crippen molar-refractivity contribution in [2.24, 2.45) is 0 Å². The number of nitriles is 1. The lowest BCUT2D eigenvalue weighted by atomic mass is 10.1. The lowest BCUT2D eigenvalue weighted by molar-refractivity contribution is -0.384. The van der Waals surface area contributed by atoms with Crippen LogP contribution in [0.3, 0.4) is 0 Å². The van der Waals surface area contributed by atoms with Crippen LogP contribution in [0.15, 0.2) is 36.4 Å². The van der Waals surface area contributed by atoms with E-state index in [1.165, 1.54) is 18.2 Å². The van der Waals surface area contributed by atoms with E-state index in [-0.39, 0.29) is 29.3 Å². The molecular formula is C17H11N3O7. The van der Waals surface area contributed by atoms with E-state index in [1.54, 1.807) is 12.1 Å². The third-order valence-corrected chi connectivity index (χ3v) is 3.55. The summed E-state index contributed by atoms with van der Waals surface area (Å²) in [5, 5.41) is 22.1. The van der Waals surface area contributed by atoms with E-state index in [4.69, 9.17) is 19.5 Å². The molecule has 0 radical (unpaired) electrons. The van der Waals surface area contributed by atoms with Crippen LogP contribution >= 0.6 is 0 Å². The monoisotopic (exact) mass is 369 g/mol. The van der Waals surface area contributed by atoms with Gasteiger partial charge in [-0.1, -0.05) is 0 Å². The van der Waals surface area contributed by atoms with Crippen molar-refractivity contribution in [1.82, 2.24) is 0 Å². The van der Waals surface area contributed by atoms with Crippen LogP contribution in [-0.2, 0) is 9.53 Å². The van der Waals surface area contributed by atoms with Crippen molar-refractivity contribution in [3.63, 3.8) is 0 Å². The number of carbonyl (C=O) groups excluding carboxylic acids is 2. The average Bonchev–Trinajstić information content (AvgIpc) is 3.14. The molecule has 0 saturated heterocycles. The van der Waals surface area contributed by atoms with Crippen LogP contribution in [-0.4, -0.2) is 30.2 Å². The third-order valence-electron chi connectivity index (χ3n) is 3.55. The number of rotatable bonds is 5. The fourth-order valence-electron chi connectivity index (χ4n) is 2.27. The molecule has 1 heterocycles. The standard InChI is InChI=1S/C17H11N3O7/c18-7-11-5-12(20(23)24)2-3-13(11)19-16(21)8-25-17(22)10-1-4-14-15(6-10)27-9-26-14/h1-6H,8-9H2,(H,19,21). The van der Waals surface area contributed by atoms with Crippen molar-refractivity contribution >= 4 is 23.3 Å². The van der Waals surface area contributed by atoms with Gasteiger partial charge in [0.2, 0.25) is 6.79 Å². The molecule has 0 bridgehead atoms. The molecule has 2 aromatic carbocycles. The number of fused-ring (bicyclic) bond motifs is 1. The minimum absolute atomic E-state index is 0.0622. The summed E-state index contributed by atoms with van der Waals surface area (Å²) in [5.74, 6) is -0.535. The Balaban J connectivity index is 1.61. The summed E-state index contributed by atoms with van der Waals surface area (Å²) in [7, 11) is 0. The fraction of sp³-hybridized carbons (Fsp3) is 0.118. The van der Waals surface area contributed by atoms with Gasteiger partial charge in [0.15, 0.2) is 18.1 Å². The fourth-order valence-corrected chi connectivity index (χ4v) is 2.27. The van der Waals surface area contributed by atoms with E-state index >= 15 is 0 Å². The Labute approximate surface area is 152 Å². The normalized spacial score (nSPS) is 11.4. The molecule has 2 aromatic rings. The molecule has 0 fully saturated rings. The number of esters is 1. The second-order valence-corrected chi connectivity index (χ2v) is 5.29. The first-order chi connectivity index (χ1) is 13.0. The topological polar surface area (TPSA) is 141 Å². The van der Waals surface area contributed by atoms with E-state index in [2.05, 4.69) is 5.32 Å². The molecule has 1 amide bonds. The Morgan fingerprint density at radius 1 is 1.22 bits per heavy atom. The van der Waals surface area contributed by atoms with Gasteiger partial charge in [-0.25, -0.2) is 4.79 Å². The highest BCUT2D eigenvalue weighted by molar-refractivity contribution is 5.96. The van der Waals surface area contributed by atoms with Crippen molar-refractivity contribution in [2.75, 3.05) is 18.7 Å². The van der Waals surface area contributed by atoms with Crippen LogP contribution in [0.4, 0.5) is 11.4 Å². The van der Waals surface area contributed by atoms with Gasteiger partial charge in [0.25, 0.3) is 11.6 Å². The Morgan fingerprint density at radius 3 is 2.74 bits per heavy atom. The number of ether oxygens (including phenoxy) is 3. The first-order valence-corrected chi connectivity index (χ1v) is 7.53. The van der Waals surface area contributed by atoms with Crippen molar-refractivity contribution in [2.45, 2.75) is 0 Å². The summed E-state index contributed by atoms with van der Waals surface area (Å²) < 4.78 is 15.2. The second-order valence-electron chi connectivity index (χ2n) is 5.29. The quantitative estimate of drug-likeness (QED) is 0.479. The maximum absolute atomic E-state index is 12.0. The molecule has 0 saturated carbocycles. The van der Waals surface area contributed by atoms with Gasteiger partial charge in [-0.05, 0) is 24.3 Å². The summed E-state index contributed by atoms with van der Waals surface area (Å²) in [6.45, 7) is -0.540. The molecule has 0 atom stereocenters. The number of anilines is 1. The largest absolute Gasteiger partial charge is 0.454 e. The number of nitro benzene ring substituents is 1. The molecule has 27 heavy (non-hydrogen) atoms. The summed E-state index contributed by atoms with van der Waals surface area (Å²) in [6, 6.07) is 9.63. The highest BCUT2D eigenvalue weighted by Crippen LogP contribution is 2.32. The Kier molecular flexibility index (Phi) is 4.85. The average molecular weight is 369 g/mol. The van der Waals surface area contributed by atoms with E-state index in [0.717, 1.165) is 12.1 Å². The molecule has 0 aliphatic carbocycles. The van der Waals surface area contributed by atoms with Gasteiger partial charge in [-0.15, -0.1) is 0 Å². The molecule has 0 aromatic heterocycles. The predicted octanol–water partition coefficient (Wildman–Crippen LogP) is 1.99. The molecule has 1 aliphatic heterocycles. The number of benzene rings is 2. The van der Waals surface area contributed by atoms with Gasteiger partial charge < -0.3 is 19.5 Å². The molecule has 1 N–H and O–H groups in total. The van der Waals surface area contributed by atoms with Gasteiger partial charge in [0.1, 0.15) is 6.07 Å². The molecule has 3 rings (SSSR count). The number of hydrogen-bond donors (Lipinski definition) is 1. The summed E-state index contributed by atoms with van der Waals surface area (Å²) in [4.78, 5) is 34.0. The number of amides is 1. The summed E-state index contributed by atoms with van der Waals surface area (Å²) in [6.07, 6.45) is 0. The lowest BCUT2D eigenvalue weighted by Gasteiger charge is -2.08. The van der Waals surface area contributed by atoms with E-state index in [9.17, 15) is 19.7 Å². The van der Waals surface area contributed by atoms with Crippen LogP contribution in [0, 0.1) is 21.4 Å². The first-order valence-electron chi connectivity index (χ1n) is 7.53. The van der Waals surface area contributed by atoms with Gasteiger partial charge in [-0.2, -0.15) is 5.26 Å². The second kappa shape index (κ2) is 7.40. The molecule has 1 aliphatic rings. The van der Waals surface area contributed by atoms with Crippen molar-refractivity contribution < 1.29 is 28.7 Å².